The van der Waals surface area contributed by atoms with Crippen LogP contribution >= 0.6 is 11.3 Å². The van der Waals surface area contributed by atoms with Gasteiger partial charge in [0.15, 0.2) is 0 Å². The summed E-state index contributed by atoms with van der Waals surface area (Å²) in [5.41, 5.74) is 8.21. The summed E-state index contributed by atoms with van der Waals surface area (Å²) in [5, 5.41) is 7.43. The molecule has 0 saturated carbocycles. The zero-order valence-electron chi connectivity index (χ0n) is 25.2. The van der Waals surface area contributed by atoms with Crippen LogP contribution in [-0.2, 0) is 6.42 Å². The highest BCUT2D eigenvalue weighted by molar-refractivity contribution is 7.20. The maximum absolute atomic E-state index is 6.40. The second kappa shape index (κ2) is 9.84. The van der Waals surface area contributed by atoms with Gasteiger partial charge in [-0.15, -0.1) is 11.3 Å². The summed E-state index contributed by atoms with van der Waals surface area (Å²) in [6, 6.07) is 31.4. The lowest BCUT2D eigenvalue weighted by molar-refractivity contribution is 0.618. The highest BCUT2D eigenvalue weighted by Crippen LogP contribution is 2.42. The van der Waals surface area contributed by atoms with E-state index < -0.39 is 0 Å². The van der Waals surface area contributed by atoms with Gasteiger partial charge in [-0.05, 0) is 84.0 Å². The monoisotopic (exact) mass is 610 g/mol. The average Bonchev–Trinajstić information content (AvgIpc) is 3.84. The van der Waals surface area contributed by atoms with Gasteiger partial charge in [-0.2, -0.15) is 0 Å². The Morgan fingerprint density at radius 1 is 0.870 bits per heavy atom. The number of hydrogen-bond acceptors (Lipinski definition) is 3. The summed E-state index contributed by atoms with van der Waals surface area (Å²) >= 11 is 1.89. The Bertz CT molecular complexity index is 2640. The van der Waals surface area contributed by atoms with Crippen molar-refractivity contribution in [1.29, 1.82) is 0 Å². The third-order valence-corrected chi connectivity index (χ3v) is 11.2. The molecule has 3 aliphatic rings. The summed E-state index contributed by atoms with van der Waals surface area (Å²) in [5.74, 6) is 0. The van der Waals surface area contributed by atoms with Gasteiger partial charge in [0.1, 0.15) is 11.2 Å². The zero-order chi connectivity index (χ0) is 30.4. The van der Waals surface area contributed by atoms with Crippen LogP contribution in [0.25, 0.3) is 61.2 Å². The quantitative estimate of drug-likeness (QED) is 0.198. The van der Waals surface area contributed by atoms with Gasteiger partial charge in [-0.1, -0.05) is 79.4 Å². The van der Waals surface area contributed by atoms with Crippen LogP contribution in [0.15, 0.2) is 132 Å². The molecule has 7 aromatic rings. The number of para-hydroxylation sites is 1. The molecule has 0 radical (unpaired) electrons. The lowest BCUT2D eigenvalue weighted by atomic mass is 9.95. The van der Waals surface area contributed by atoms with E-state index in [9.17, 15) is 0 Å². The van der Waals surface area contributed by atoms with Crippen molar-refractivity contribution in [2.75, 3.05) is 4.90 Å². The molecule has 0 spiro atoms. The molecule has 4 aromatic carbocycles. The van der Waals surface area contributed by atoms with E-state index in [1.54, 1.807) is 0 Å². The highest BCUT2D eigenvalue weighted by Gasteiger charge is 2.28. The highest BCUT2D eigenvalue weighted by atomic mass is 32.1. The number of furan rings is 1. The molecule has 4 heterocycles. The van der Waals surface area contributed by atoms with Crippen LogP contribution in [0.4, 0.5) is 11.4 Å². The van der Waals surface area contributed by atoms with Crippen LogP contribution in [0.5, 0.6) is 0 Å². The molecule has 4 heteroatoms. The summed E-state index contributed by atoms with van der Waals surface area (Å²) in [6.45, 7) is 4.09. The third-order valence-electron chi connectivity index (χ3n) is 10.00. The van der Waals surface area contributed by atoms with Crippen LogP contribution in [-0.4, -0.2) is 10.6 Å². The van der Waals surface area contributed by atoms with Gasteiger partial charge in [-0.25, -0.2) is 0 Å². The summed E-state index contributed by atoms with van der Waals surface area (Å²) in [7, 11) is 0. The molecule has 1 aliphatic heterocycles. The Labute approximate surface area is 270 Å². The first-order valence-corrected chi connectivity index (χ1v) is 16.8. The predicted octanol–water partition coefficient (Wildman–Crippen LogP) is 9.72. The van der Waals surface area contributed by atoms with E-state index in [1.165, 1.54) is 53.3 Å². The molecule has 2 unspecified atom stereocenters. The van der Waals surface area contributed by atoms with E-state index >= 15 is 0 Å². The van der Waals surface area contributed by atoms with Crippen molar-refractivity contribution in [2.45, 2.75) is 24.9 Å². The first-order valence-electron chi connectivity index (χ1n) is 16.0. The minimum absolute atomic E-state index is 0.135. The lowest BCUT2D eigenvalue weighted by Crippen LogP contribution is -2.32. The lowest BCUT2D eigenvalue weighted by Gasteiger charge is -2.34. The number of hydrogen-bond donors (Lipinski definition) is 0. The molecule has 46 heavy (non-hydrogen) atoms. The molecule has 220 valence electrons. The fourth-order valence-corrected chi connectivity index (χ4v) is 9.12. The van der Waals surface area contributed by atoms with Crippen LogP contribution in [0.2, 0.25) is 0 Å². The molecule has 3 nitrogen and oxygen atoms in total. The fraction of sp³-hybridized carbons (Fsp3) is 0.0952. The second-order valence-corrected chi connectivity index (χ2v) is 13.6. The Balaban J connectivity index is 1.18. The summed E-state index contributed by atoms with van der Waals surface area (Å²) < 4.78 is 10.3. The standard InChI is InChI=1S/C42H30N2OS/c1-2-9-30-34-23-27(17-20-37(34)44-36-13-6-3-10-26(36)22-38(30)44)43(28-18-21-42-35(24-28)33-12-5-8-15-41(33)46-42)29-16-19-32-31-11-4-7-14-39(31)45-40(32)25-29/h2-12,14-23,25,28,36H,1,13,24H2. The topological polar surface area (TPSA) is 21.3 Å². The van der Waals surface area contributed by atoms with Crippen LogP contribution in [0.1, 0.15) is 22.9 Å². The SMILES string of the molecule is C=CC=c1c2n(c3ccc(N(c4ccc5c(c4)oc4ccccc45)C4C=Cc5sc6ccccc6c5C4)cc13)C1CC=CC=C1C=2. The first-order chi connectivity index (χ1) is 22.7. The molecule has 2 atom stereocenters. The van der Waals surface area contributed by atoms with E-state index in [2.05, 4.69) is 137 Å². The number of rotatable bonds is 4. The molecule has 0 bridgehead atoms. The molecule has 3 aromatic heterocycles. The van der Waals surface area contributed by atoms with Crippen LogP contribution in [0, 0.1) is 0 Å². The molecule has 2 aliphatic carbocycles. The summed E-state index contributed by atoms with van der Waals surface area (Å²) in [6.07, 6.45) is 19.9. The number of benzene rings is 4. The van der Waals surface area contributed by atoms with Crippen molar-refractivity contribution in [3.05, 3.63) is 148 Å². The van der Waals surface area contributed by atoms with Gasteiger partial charge < -0.3 is 13.9 Å². The van der Waals surface area contributed by atoms with Gasteiger partial charge in [0.05, 0.1) is 17.4 Å². The maximum Gasteiger partial charge on any atom is 0.137 e. The van der Waals surface area contributed by atoms with Crippen LogP contribution in [0.3, 0.4) is 0 Å². The fourth-order valence-electron chi connectivity index (χ4n) is 7.98. The molecule has 0 saturated heterocycles. The molecule has 0 N–H and O–H groups in total. The molecule has 0 fully saturated rings. The Hall–Kier alpha value is -5.32. The van der Waals surface area contributed by atoms with E-state index in [4.69, 9.17) is 4.42 Å². The van der Waals surface area contributed by atoms with Gasteiger partial charge in [0.25, 0.3) is 0 Å². The summed E-state index contributed by atoms with van der Waals surface area (Å²) in [4.78, 5) is 3.88. The maximum atomic E-state index is 6.40. The van der Waals surface area contributed by atoms with Crippen molar-refractivity contribution in [2.24, 2.45) is 0 Å². The van der Waals surface area contributed by atoms with Gasteiger partial charge in [0, 0.05) is 53.9 Å². The number of nitrogens with zero attached hydrogens (tertiary/aromatic N) is 2. The molecular formula is C42H30N2OS. The van der Waals surface area contributed by atoms with E-state index in [0.29, 0.717) is 6.04 Å². The largest absolute Gasteiger partial charge is 0.456 e. The van der Waals surface area contributed by atoms with E-state index in [-0.39, 0.29) is 6.04 Å². The second-order valence-electron chi connectivity index (χ2n) is 12.5. The van der Waals surface area contributed by atoms with Crippen LogP contribution < -0.4 is 15.5 Å². The Morgan fingerprint density at radius 3 is 2.63 bits per heavy atom. The van der Waals surface area contributed by atoms with Gasteiger partial charge >= 0.3 is 0 Å². The minimum atomic E-state index is 0.135. The number of anilines is 2. The van der Waals surface area contributed by atoms with Crippen molar-refractivity contribution >= 4 is 83.9 Å². The number of thiophene rings is 1. The van der Waals surface area contributed by atoms with Crippen molar-refractivity contribution in [3.8, 4) is 0 Å². The number of fused-ring (bicyclic) bond motifs is 11. The Morgan fingerprint density at radius 2 is 1.70 bits per heavy atom. The molecular weight excluding hydrogens is 581 g/mol. The van der Waals surface area contributed by atoms with E-state index in [1.807, 2.05) is 23.5 Å². The van der Waals surface area contributed by atoms with Crippen molar-refractivity contribution in [1.82, 2.24) is 4.57 Å². The van der Waals surface area contributed by atoms with Crippen molar-refractivity contribution in [3.63, 3.8) is 0 Å². The van der Waals surface area contributed by atoms with Crippen molar-refractivity contribution < 1.29 is 4.42 Å². The van der Waals surface area contributed by atoms with Gasteiger partial charge in [0.2, 0.25) is 0 Å². The molecule has 0 amide bonds. The minimum Gasteiger partial charge on any atom is -0.456 e. The first kappa shape index (κ1) is 26.0. The molecule has 10 rings (SSSR count). The number of allylic oxidation sites excluding steroid dienone is 5. The smallest absolute Gasteiger partial charge is 0.137 e. The average molecular weight is 611 g/mol. The van der Waals surface area contributed by atoms with Gasteiger partial charge in [-0.3, -0.25) is 0 Å². The number of aromatic nitrogens is 1. The normalized spacial score (nSPS) is 18.6. The third kappa shape index (κ3) is 3.71. The zero-order valence-corrected chi connectivity index (χ0v) is 26.0. The predicted molar refractivity (Wildman–Crippen MR) is 195 cm³/mol. The van der Waals surface area contributed by atoms with E-state index in [0.717, 1.165) is 40.5 Å². The Kier molecular flexibility index (Phi) is 5.55.